The minimum Gasteiger partial charge on any atom is -0.493 e. The number of hydrogen-bond donors (Lipinski definition) is 2. The lowest BCUT2D eigenvalue weighted by Gasteiger charge is -2.22. The molecule has 0 atom stereocenters. The Morgan fingerprint density at radius 1 is 1.10 bits per heavy atom. The molecule has 0 saturated carbocycles. The molecule has 7 nitrogen and oxygen atoms in total. The molecular weight excluding hydrogens is 495 g/mol. The molecule has 0 aliphatic heterocycles. The lowest BCUT2D eigenvalue weighted by Crippen LogP contribution is -2.41. The lowest BCUT2D eigenvalue weighted by molar-refractivity contribution is -0.130. The Kier molecular flexibility index (Phi) is 11.7. The zero-order valence-corrected chi connectivity index (χ0v) is 20.3. The second-order valence-corrected chi connectivity index (χ2v) is 6.24. The number of methoxy groups -OCH3 is 1. The van der Waals surface area contributed by atoms with E-state index in [9.17, 15) is 4.79 Å². The predicted molar refractivity (Wildman–Crippen MR) is 132 cm³/mol. The first-order valence-corrected chi connectivity index (χ1v) is 9.71. The maximum absolute atomic E-state index is 12.6. The van der Waals surface area contributed by atoms with Crippen molar-refractivity contribution in [3.05, 3.63) is 54.1 Å². The van der Waals surface area contributed by atoms with Gasteiger partial charge in [-0.15, -0.1) is 24.0 Å². The van der Waals surface area contributed by atoms with Gasteiger partial charge in [0, 0.05) is 31.9 Å². The zero-order chi connectivity index (χ0) is 21.1. The van der Waals surface area contributed by atoms with Crippen LogP contribution in [0.25, 0.3) is 0 Å². The summed E-state index contributed by atoms with van der Waals surface area (Å²) in [5.74, 6) is 1.81. The Balaban J connectivity index is 0.00000450. The van der Waals surface area contributed by atoms with Gasteiger partial charge in [0.2, 0.25) is 5.91 Å². The van der Waals surface area contributed by atoms with E-state index in [0.29, 0.717) is 37.2 Å². The van der Waals surface area contributed by atoms with Crippen LogP contribution in [0.5, 0.6) is 11.5 Å². The van der Waals surface area contributed by atoms with Gasteiger partial charge in [-0.3, -0.25) is 9.79 Å². The maximum atomic E-state index is 12.6. The molecule has 2 N–H and O–H groups in total. The van der Waals surface area contributed by atoms with Crippen molar-refractivity contribution in [3.63, 3.8) is 0 Å². The SMILES string of the molecule is CCOc1cc(NC(=NC)NCC(=O)N(CC)Cc2ccccc2)ccc1OC.I. The topological polar surface area (TPSA) is 75.2 Å². The molecule has 0 unspecified atom stereocenters. The van der Waals surface area contributed by atoms with Crippen LogP contribution < -0.4 is 20.1 Å². The van der Waals surface area contributed by atoms with Crippen molar-refractivity contribution in [2.45, 2.75) is 20.4 Å². The minimum atomic E-state index is 0. The second-order valence-electron chi connectivity index (χ2n) is 6.24. The van der Waals surface area contributed by atoms with Gasteiger partial charge in [0.05, 0.1) is 20.3 Å². The third kappa shape index (κ3) is 7.74. The molecule has 0 radical (unpaired) electrons. The van der Waals surface area contributed by atoms with Gasteiger partial charge in [-0.25, -0.2) is 0 Å². The number of aliphatic imine (C=N–C) groups is 1. The summed E-state index contributed by atoms with van der Waals surface area (Å²) in [6.45, 7) is 5.79. The number of anilines is 1. The molecule has 2 rings (SSSR count). The van der Waals surface area contributed by atoms with Gasteiger partial charge in [0.15, 0.2) is 17.5 Å². The number of halogens is 1. The summed E-state index contributed by atoms with van der Waals surface area (Å²) in [7, 11) is 3.26. The lowest BCUT2D eigenvalue weighted by atomic mass is 10.2. The minimum absolute atomic E-state index is 0. The van der Waals surface area contributed by atoms with Crippen molar-refractivity contribution in [2.75, 3.05) is 39.2 Å². The maximum Gasteiger partial charge on any atom is 0.242 e. The first-order chi connectivity index (χ1) is 14.1. The Bertz CT molecular complexity index is 815. The highest BCUT2D eigenvalue weighted by molar-refractivity contribution is 14.0. The van der Waals surface area contributed by atoms with Gasteiger partial charge in [-0.1, -0.05) is 30.3 Å². The smallest absolute Gasteiger partial charge is 0.242 e. The average Bonchev–Trinajstić information content (AvgIpc) is 2.75. The number of likely N-dealkylation sites (N-methyl/N-ethyl adjacent to an activating group) is 1. The second kappa shape index (κ2) is 13.7. The standard InChI is InChI=1S/C22H30N4O3.HI/c1-5-26(16-17-10-8-7-9-11-17)21(27)15-24-22(23-3)25-18-12-13-19(28-4)20(14-18)29-6-2;/h7-14H,5-6,15-16H2,1-4H3,(H2,23,24,25);1H. The van der Waals surface area contributed by atoms with E-state index in [1.54, 1.807) is 19.1 Å². The zero-order valence-electron chi connectivity index (χ0n) is 18.0. The van der Waals surface area contributed by atoms with Crippen LogP contribution >= 0.6 is 24.0 Å². The summed E-state index contributed by atoms with van der Waals surface area (Å²) < 4.78 is 10.9. The molecule has 0 spiro atoms. The fraction of sp³-hybridized carbons (Fsp3) is 0.364. The first kappa shape index (κ1) is 25.5. The fourth-order valence-corrected chi connectivity index (χ4v) is 2.79. The van der Waals surface area contributed by atoms with Crippen LogP contribution in [0.15, 0.2) is 53.5 Å². The summed E-state index contributed by atoms with van der Waals surface area (Å²) in [6, 6.07) is 15.5. The van der Waals surface area contributed by atoms with Gasteiger partial charge in [0.1, 0.15) is 0 Å². The number of nitrogens with zero attached hydrogens (tertiary/aromatic N) is 2. The molecule has 0 heterocycles. The number of carbonyl (C=O) groups excluding carboxylic acids is 1. The summed E-state index contributed by atoms with van der Waals surface area (Å²) in [4.78, 5) is 18.6. The highest BCUT2D eigenvalue weighted by Gasteiger charge is 2.13. The van der Waals surface area contributed by atoms with Crippen LogP contribution in [0.1, 0.15) is 19.4 Å². The summed E-state index contributed by atoms with van der Waals surface area (Å²) in [5, 5.41) is 6.25. The van der Waals surface area contributed by atoms with Crippen molar-refractivity contribution < 1.29 is 14.3 Å². The van der Waals surface area contributed by atoms with E-state index in [0.717, 1.165) is 11.3 Å². The van der Waals surface area contributed by atoms with Crippen molar-refractivity contribution in [1.29, 1.82) is 0 Å². The molecule has 1 amide bonds. The van der Waals surface area contributed by atoms with Gasteiger partial charge < -0.3 is 25.0 Å². The van der Waals surface area contributed by atoms with E-state index < -0.39 is 0 Å². The number of benzene rings is 2. The highest BCUT2D eigenvalue weighted by Crippen LogP contribution is 2.30. The van der Waals surface area contributed by atoms with Crippen LogP contribution in [0.4, 0.5) is 5.69 Å². The molecule has 0 saturated heterocycles. The number of rotatable bonds is 9. The van der Waals surface area contributed by atoms with Gasteiger partial charge in [-0.2, -0.15) is 0 Å². The van der Waals surface area contributed by atoms with Gasteiger partial charge in [-0.05, 0) is 31.5 Å². The van der Waals surface area contributed by atoms with Crippen LogP contribution in [0.2, 0.25) is 0 Å². The highest BCUT2D eigenvalue weighted by atomic mass is 127. The molecule has 2 aromatic rings. The molecule has 0 bridgehead atoms. The van der Waals surface area contributed by atoms with E-state index in [2.05, 4.69) is 15.6 Å². The van der Waals surface area contributed by atoms with Crippen molar-refractivity contribution in [2.24, 2.45) is 4.99 Å². The summed E-state index contributed by atoms with van der Waals surface area (Å²) >= 11 is 0. The number of hydrogen-bond acceptors (Lipinski definition) is 4. The fourth-order valence-electron chi connectivity index (χ4n) is 2.79. The van der Waals surface area contributed by atoms with Crippen LogP contribution in [0.3, 0.4) is 0 Å². The Labute approximate surface area is 195 Å². The number of guanidine groups is 1. The van der Waals surface area contributed by atoms with Crippen LogP contribution in [-0.4, -0.2) is 50.6 Å². The number of nitrogens with one attached hydrogen (secondary N) is 2. The molecule has 0 aliphatic rings. The first-order valence-electron chi connectivity index (χ1n) is 9.71. The van der Waals surface area contributed by atoms with E-state index in [4.69, 9.17) is 9.47 Å². The third-order valence-electron chi connectivity index (χ3n) is 4.31. The Morgan fingerprint density at radius 3 is 2.43 bits per heavy atom. The molecule has 164 valence electrons. The number of carbonyl (C=O) groups is 1. The molecule has 30 heavy (non-hydrogen) atoms. The van der Waals surface area contributed by atoms with Crippen molar-refractivity contribution in [1.82, 2.24) is 10.2 Å². The van der Waals surface area contributed by atoms with Crippen molar-refractivity contribution in [3.8, 4) is 11.5 Å². The number of amides is 1. The molecular formula is C22H31IN4O3. The number of ether oxygens (including phenoxy) is 2. The van der Waals surface area contributed by atoms with Gasteiger partial charge in [0.25, 0.3) is 0 Å². The van der Waals surface area contributed by atoms with E-state index in [-0.39, 0.29) is 36.4 Å². The summed E-state index contributed by atoms with van der Waals surface area (Å²) in [5.41, 5.74) is 1.89. The van der Waals surface area contributed by atoms with E-state index in [1.165, 1.54) is 0 Å². The van der Waals surface area contributed by atoms with E-state index in [1.807, 2.05) is 62.4 Å². The predicted octanol–water partition coefficient (Wildman–Crippen LogP) is 3.75. The van der Waals surface area contributed by atoms with E-state index >= 15 is 0 Å². The van der Waals surface area contributed by atoms with Gasteiger partial charge >= 0.3 is 0 Å². The molecule has 8 heteroatoms. The summed E-state index contributed by atoms with van der Waals surface area (Å²) in [6.07, 6.45) is 0. The van der Waals surface area contributed by atoms with Crippen LogP contribution in [0, 0.1) is 0 Å². The molecule has 2 aromatic carbocycles. The Morgan fingerprint density at radius 2 is 1.83 bits per heavy atom. The largest absolute Gasteiger partial charge is 0.493 e. The molecule has 0 fully saturated rings. The molecule has 0 aliphatic carbocycles. The quantitative estimate of drug-likeness (QED) is 0.296. The van der Waals surface area contributed by atoms with Crippen molar-refractivity contribution >= 4 is 41.5 Å². The Hall–Kier alpha value is -2.49. The third-order valence-corrected chi connectivity index (χ3v) is 4.31. The van der Waals surface area contributed by atoms with Crippen LogP contribution in [-0.2, 0) is 11.3 Å². The normalized spacial score (nSPS) is 10.6. The average molecular weight is 526 g/mol. The monoisotopic (exact) mass is 526 g/mol. The molecule has 0 aromatic heterocycles.